The van der Waals surface area contributed by atoms with Crippen LogP contribution in [-0.4, -0.2) is 47.3 Å². The number of rotatable bonds is 8. The van der Waals surface area contributed by atoms with Gasteiger partial charge in [0, 0.05) is 36.3 Å². The van der Waals surface area contributed by atoms with Crippen molar-refractivity contribution < 1.29 is 22.7 Å². The van der Waals surface area contributed by atoms with Crippen molar-refractivity contribution in [1.29, 1.82) is 0 Å². The number of anilines is 4. The monoisotopic (exact) mass is 738 g/mol. The molecule has 16 heteroatoms. The largest absolute Gasteiger partial charge is 0.497 e. The molecule has 7 aromatic rings. The summed E-state index contributed by atoms with van der Waals surface area (Å²) in [6, 6.07) is 28.1. The lowest BCUT2D eigenvalue weighted by Gasteiger charge is -2.10. The molecular weight excluding hydrogens is 709 g/mol. The third-order valence-electron chi connectivity index (χ3n) is 7.04. The highest BCUT2D eigenvalue weighted by Crippen LogP contribution is 2.30. The summed E-state index contributed by atoms with van der Waals surface area (Å²) in [5.41, 5.74) is 11.5. The van der Waals surface area contributed by atoms with Crippen molar-refractivity contribution in [3.05, 3.63) is 97.1 Å². The van der Waals surface area contributed by atoms with E-state index in [0.29, 0.717) is 43.4 Å². The van der Waals surface area contributed by atoms with E-state index in [0.717, 1.165) is 27.2 Å². The molecule has 0 unspecified atom stereocenters. The number of amides is 2. The standard InChI is InChI=1S/C21H18N4O4S2.C14H12N4OS/c1-13(26)22-21-24-19-11-10-18(23-20(19)30-21)14-4-3-5-15(12-14)25-31(27,28)17-8-6-16(29-2)7-9-17;1-8(19)16-14-18-12-6-5-11(17-13(12)20-14)9-3-2-4-10(15)7-9/h3-12,25H,1-2H3,(H,22,24,26);2-7H,15H2,1H3,(H,16,18,19). The van der Waals surface area contributed by atoms with E-state index in [4.69, 9.17) is 10.5 Å². The molecule has 13 nitrogen and oxygen atoms in total. The number of carbonyl (C=O) groups is 2. The molecule has 0 atom stereocenters. The maximum atomic E-state index is 12.7. The van der Waals surface area contributed by atoms with E-state index in [1.54, 1.807) is 36.4 Å². The number of nitrogens with two attached hydrogens (primary N) is 1. The predicted molar refractivity (Wildman–Crippen MR) is 203 cm³/mol. The Kier molecular flexibility index (Phi) is 10.2. The van der Waals surface area contributed by atoms with Crippen LogP contribution in [0.4, 0.5) is 21.6 Å². The van der Waals surface area contributed by atoms with Crippen LogP contribution >= 0.6 is 22.7 Å². The van der Waals surface area contributed by atoms with Crippen LogP contribution < -0.4 is 25.8 Å². The Morgan fingerprint density at radius 3 is 1.73 bits per heavy atom. The first-order chi connectivity index (χ1) is 24.4. The van der Waals surface area contributed by atoms with Crippen LogP contribution in [0.15, 0.2) is 102 Å². The summed E-state index contributed by atoms with van der Waals surface area (Å²) in [6.45, 7) is 2.88. The summed E-state index contributed by atoms with van der Waals surface area (Å²) >= 11 is 2.63. The quantitative estimate of drug-likeness (QED) is 0.118. The molecule has 5 N–H and O–H groups in total. The van der Waals surface area contributed by atoms with Gasteiger partial charge in [-0.15, -0.1) is 0 Å². The van der Waals surface area contributed by atoms with E-state index in [1.807, 2.05) is 48.5 Å². The van der Waals surface area contributed by atoms with E-state index in [1.165, 1.54) is 55.8 Å². The molecule has 4 aromatic heterocycles. The normalized spacial score (nSPS) is 11.0. The van der Waals surface area contributed by atoms with Gasteiger partial charge in [0.2, 0.25) is 11.8 Å². The number of carbonyl (C=O) groups excluding carboxylic acids is 2. The molecule has 0 aliphatic heterocycles. The van der Waals surface area contributed by atoms with Crippen LogP contribution in [-0.2, 0) is 19.6 Å². The molecule has 0 saturated carbocycles. The number of aromatic nitrogens is 4. The van der Waals surface area contributed by atoms with E-state index < -0.39 is 10.0 Å². The number of fused-ring (bicyclic) bond motifs is 2. The zero-order valence-corrected chi connectivity index (χ0v) is 29.8. The Morgan fingerprint density at radius 2 is 1.22 bits per heavy atom. The summed E-state index contributed by atoms with van der Waals surface area (Å²) in [5, 5.41) is 6.37. The van der Waals surface area contributed by atoms with E-state index in [-0.39, 0.29) is 16.7 Å². The van der Waals surface area contributed by atoms with Gasteiger partial charge >= 0.3 is 0 Å². The molecule has 0 saturated heterocycles. The highest BCUT2D eigenvalue weighted by Gasteiger charge is 2.15. The lowest BCUT2D eigenvalue weighted by molar-refractivity contribution is -0.115. The molecule has 0 bridgehead atoms. The van der Waals surface area contributed by atoms with Gasteiger partial charge in [-0.1, -0.05) is 46.9 Å². The van der Waals surface area contributed by atoms with E-state index in [2.05, 4.69) is 35.3 Å². The van der Waals surface area contributed by atoms with Crippen LogP contribution in [0, 0.1) is 0 Å². The third kappa shape index (κ3) is 8.61. The van der Waals surface area contributed by atoms with Gasteiger partial charge in [-0.25, -0.2) is 28.4 Å². The van der Waals surface area contributed by atoms with Crippen molar-refractivity contribution in [2.45, 2.75) is 18.7 Å². The number of hydrogen-bond donors (Lipinski definition) is 4. The zero-order chi connectivity index (χ0) is 36.1. The maximum absolute atomic E-state index is 12.7. The summed E-state index contributed by atoms with van der Waals surface area (Å²) in [6.07, 6.45) is 0. The molecule has 2 amide bonds. The topological polar surface area (TPSA) is 191 Å². The smallest absolute Gasteiger partial charge is 0.261 e. The fourth-order valence-corrected chi connectivity index (χ4v) is 7.59. The van der Waals surface area contributed by atoms with Crippen molar-refractivity contribution in [2.75, 3.05) is 28.2 Å². The number of benzene rings is 3. The highest BCUT2D eigenvalue weighted by molar-refractivity contribution is 7.92. The average Bonchev–Trinajstić information content (AvgIpc) is 3.69. The average molecular weight is 739 g/mol. The van der Waals surface area contributed by atoms with Crippen LogP contribution in [0.5, 0.6) is 5.75 Å². The molecule has 0 aliphatic carbocycles. The van der Waals surface area contributed by atoms with Gasteiger partial charge in [0.15, 0.2) is 10.3 Å². The second-order valence-electron chi connectivity index (χ2n) is 10.9. The molecule has 3 aromatic carbocycles. The van der Waals surface area contributed by atoms with Gasteiger partial charge in [0.25, 0.3) is 10.0 Å². The molecule has 4 heterocycles. The Bertz CT molecular complexity index is 2500. The molecule has 51 heavy (non-hydrogen) atoms. The summed E-state index contributed by atoms with van der Waals surface area (Å²) in [5.74, 6) is 0.239. The number of sulfonamides is 1. The Balaban J connectivity index is 0.000000193. The fraction of sp³-hybridized carbons (Fsp3) is 0.0857. The highest BCUT2D eigenvalue weighted by atomic mass is 32.2. The number of ether oxygens (including phenoxy) is 1. The summed E-state index contributed by atoms with van der Waals surface area (Å²) < 4.78 is 33.1. The molecule has 258 valence electrons. The van der Waals surface area contributed by atoms with Gasteiger partial charge in [-0.3, -0.25) is 14.3 Å². The molecule has 0 radical (unpaired) electrons. The van der Waals surface area contributed by atoms with Gasteiger partial charge in [0.1, 0.15) is 26.4 Å². The minimum Gasteiger partial charge on any atom is -0.497 e. The van der Waals surface area contributed by atoms with Crippen LogP contribution in [0.3, 0.4) is 0 Å². The molecule has 7 rings (SSSR count). The Hall–Kier alpha value is -5.97. The number of hydrogen-bond acceptors (Lipinski definition) is 12. The number of nitrogens with one attached hydrogen (secondary N) is 3. The number of nitrogen functional groups attached to an aromatic ring is 1. The molecular formula is C35H30N8O5S3. The number of pyridine rings is 2. The first-order valence-electron chi connectivity index (χ1n) is 15.2. The second kappa shape index (κ2) is 14.9. The van der Waals surface area contributed by atoms with Gasteiger partial charge in [-0.2, -0.15) is 0 Å². The number of nitrogens with zero attached hydrogens (tertiary/aromatic N) is 4. The minimum absolute atomic E-state index is 0.133. The molecule has 0 aliphatic rings. The lowest BCUT2D eigenvalue weighted by atomic mass is 10.1. The SMILES string of the molecule is CC(=O)Nc1nc2ccc(-c3cccc(N)c3)nc2s1.COc1ccc(S(=O)(=O)Nc2cccc(-c3ccc4nc(NC(C)=O)sc4n3)c2)cc1. The predicted octanol–water partition coefficient (Wildman–Crippen LogP) is 7.03. The van der Waals surface area contributed by atoms with Gasteiger partial charge in [0.05, 0.1) is 23.4 Å². The summed E-state index contributed by atoms with van der Waals surface area (Å²) in [7, 11) is -2.23. The first kappa shape index (κ1) is 34.9. The fourth-order valence-electron chi connectivity index (χ4n) is 4.77. The molecule has 0 spiro atoms. The lowest BCUT2D eigenvalue weighted by Crippen LogP contribution is -2.12. The van der Waals surface area contributed by atoms with Crippen LogP contribution in [0.1, 0.15) is 13.8 Å². The van der Waals surface area contributed by atoms with E-state index >= 15 is 0 Å². The van der Waals surface area contributed by atoms with Crippen LogP contribution in [0.25, 0.3) is 43.2 Å². The third-order valence-corrected chi connectivity index (χ3v) is 10.2. The van der Waals surface area contributed by atoms with Crippen LogP contribution in [0.2, 0.25) is 0 Å². The van der Waals surface area contributed by atoms with Crippen molar-refractivity contribution in [2.24, 2.45) is 0 Å². The minimum atomic E-state index is -3.75. The number of methoxy groups -OCH3 is 1. The Morgan fingerprint density at radius 1 is 0.686 bits per heavy atom. The van der Waals surface area contributed by atoms with Gasteiger partial charge < -0.3 is 21.1 Å². The summed E-state index contributed by atoms with van der Waals surface area (Å²) in [4.78, 5) is 41.7. The maximum Gasteiger partial charge on any atom is 0.261 e. The van der Waals surface area contributed by atoms with Crippen molar-refractivity contribution >= 4 is 86.8 Å². The molecule has 0 fully saturated rings. The van der Waals surface area contributed by atoms with Crippen molar-refractivity contribution in [3.63, 3.8) is 0 Å². The second-order valence-corrected chi connectivity index (χ2v) is 14.6. The zero-order valence-electron chi connectivity index (χ0n) is 27.4. The van der Waals surface area contributed by atoms with Crippen molar-refractivity contribution in [1.82, 2.24) is 19.9 Å². The first-order valence-corrected chi connectivity index (χ1v) is 18.3. The van der Waals surface area contributed by atoms with Crippen molar-refractivity contribution in [3.8, 4) is 28.3 Å². The van der Waals surface area contributed by atoms with Gasteiger partial charge in [-0.05, 0) is 72.8 Å². The number of thiazole rings is 2. The van der Waals surface area contributed by atoms with E-state index in [9.17, 15) is 18.0 Å². The Labute approximate surface area is 300 Å².